The van der Waals surface area contributed by atoms with Crippen LogP contribution in [0.2, 0.25) is 0 Å². The van der Waals surface area contributed by atoms with Crippen LogP contribution < -0.4 is 14.4 Å². The standard InChI is InChI=1S/C30H32BrN2O3/c1-33(20-22-6-4-5-7-27(22)31)14-12-32(13-15-33)25-10-8-21(9-11-25)16-24-17-23-18-28(35-2)29(36-3)19-26(23)30(24)34/h4-11,16,18-19H,12-15,17,20H2,1-3H3/q+1. The number of benzene rings is 3. The van der Waals surface area contributed by atoms with Gasteiger partial charge in [-0.3, -0.25) is 4.79 Å². The van der Waals surface area contributed by atoms with Crippen molar-refractivity contribution in [1.82, 2.24) is 0 Å². The van der Waals surface area contributed by atoms with Crippen LogP contribution in [0.15, 0.2) is 70.7 Å². The Morgan fingerprint density at radius 1 is 0.972 bits per heavy atom. The fourth-order valence-corrected chi connectivity index (χ4v) is 5.65. The topological polar surface area (TPSA) is 38.8 Å². The first kappa shape index (κ1) is 24.6. The van der Waals surface area contributed by atoms with Crippen LogP contribution in [0.3, 0.4) is 0 Å². The third-order valence-electron chi connectivity index (χ3n) is 7.46. The number of halogens is 1. The minimum atomic E-state index is 0.0631. The lowest BCUT2D eigenvalue weighted by Crippen LogP contribution is -2.56. The molecule has 0 bridgehead atoms. The number of quaternary nitrogens is 1. The summed E-state index contributed by atoms with van der Waals surface area (Å²) < 4.78 is 13.0. The van der Waals surface area contributed by atoms with E-state index in [1.807, 2.05) is 12.1 Å². The smallest absolute Gasteiger partial charge is 0.189 e. The van der Waals surface area contributed by atoms with Gasteiger partial charge in [-0.15, -0.1) is 0 Å². The maximum Gasteiger partial charge on any atom is 0.189 e. The molecule has 186 valence electrons. The molecule has 0 aromatic heterocycles. The summed E-state index contributed by atoms with van der Waals surface area (Å²) in [5.41, 5.74) is 6.13. The van der Waals surface area contributed by atoms with E-state index in [4.69, 9.17) is 9.47 Å². The summed E-state index contributed by atoms with van der Waals surface area (Å²) in [5, 5.41) is 0. The van der Waals surface area contributed by atoms with Gasteiger partial charge in [0.2, 0.25) is 0 Å². The molecule has 5 rings (SSSR count). The fourth-order valence-electron chi connectivity index (χ4n) is 5.24. The second kappa shape index (κ2) is 10.1. The van der Waals surface area contributed by atoms with E-state index >= 15 is 0 Å². The Balaban J connectivity index is 1.25. The van der Waals surface area contributed by atoms with E-state index in [0.29, 0.717) is 23.5 Å². The van der Waals surface area contributed by atoms with Crippen molar-refractivity contribution in [1.29, 1.82) is 0 Å². The lowest BCUT2D eigenvalue weighted by atomic mass is 10.1. The van der Waals surface area contributed by atoms with Crippen LogP contribution in [0, 0.1) is 0 Å². The van der Waals surface area contributed by atoms with E-state index in [9.17, 15) is 4.79 Å². The Bertz CT molecular complexity index is 1310. The van der Waals surface area contributed by atoms with Crippen LogP contribution >= 0.6 is 15.9 Å². The zero-order valence-electron chi connectivity index (χ0n) is 21.1. The highest BCUT2D eigenvalue weighted by atomic mass is 79.9. The Hall–Kier alpha value is -3.09. The molecule has 1 heterocycles. The van der Waals surface area contributed by atoms with Crippen LogP contribution in [0.5, 0.6) is 11.5 Å². The predicted molar refractivity (Wildman–Crippen MR) is 148 cm³/mol. The van der Waals surface area contributed by atoms with Gasteiger partial charge in [0.1, 0.15) is 6.54 Å². The SMILES string of the molecule is COc1cc2c(cc1OC)C(=O)C(=Cc1ccc(N3CC[N+](C)(Cc4ccccc4Br)CC3)cc1)C2. The summed E-state index contributed by atoms with van der Waals surface area (Å²) >= 11 is 3.70. The normalized spacial score (nSPS) is 17.8. The molecule has 3 aromatic rings. The van der Waals surface area contributed by atoms with Gasteiger partial charge in [0, 0.05) is 33.3 Å². The zero-order valence-corrected chi connectivity index (χ0v) is 22.7. The molecule has 5 nitrogen and oxygen atoms in total. The molecule has 0 saturated carbocycles. The number of allylic oxidation sites excluding steroid dienone is 1. The quantitative estimate of drug-likeness (QED) is 0.290. The Morgan fingerprint density at radius 2 is 1.64 bits per heavy atom. The third kappa shape index (κ3) is 4.93. The molecule has 0 amide bonds. The molecule has 0 atom stereocenters. The summed E-state index contributed by atoms with van der Waals surface area (Å²) in [7, 11) is 5.56. The zero-order chi connectivity index (χ0) is 25.3. The summed E-state index contributed by atoms with van der Waals surface area (Å²) in [5.74, 6) is 1.30. The lowest BCUT2D eigenvalue weighted by Gasteiger charge is -2.43. The van der Waals surface area contributed by atoms with Crippen molar-refractivity contribution in [3.05, 3.63) is 93.0 Å². The van der Waals surface area contributed by atoms with Gasteiger partial charge in [-0.1, -0.05) is 46.3 Å². The number of ketones is 1. The predicted octanol–water partition coefficient (Wildman–Crippen LogP) is 5.76. The molecular weight excluding hydrogens is 516 g/mol. The van der Waals surface area contributed by atoms with Gasteiger partial charge < -0.3 is 18.9 Å². The third-order valence-corrected chi connectivity index (χ3v) is 8.23. The van der Waals surface area contributed by atoms with E-state index in [-0.39, 0.29) is 5.78 Å². The highest BCUT2D eigenvalue weighted by Crippen LogP contribution is 2.37. The van der Waals surface area contributed by atoms with E-state index < -0.39 is 0 Å². The summed E-state index contributed by atoms with van der Waals surface area (Å²) in [6, 6.07) is 20.8. The molecule has 6 heteroatoms. The first-order valence-corrected chi connectivity index (χ1v) is 13.1. The molecule has 1 fully saturated rings. The van der Waals surface area contributed by atoms with Crippen molar-refractivity contribution in [2.45, 2.75) is 13.0 Å². The molecule has 3 aromatic carbocycles. The molecule has 2 aliphatic rings. The van der Waals surface area contributed by atoms with Crippen LogP contribution in [0.4, 0.5) is 5.69 Å². The summed E-state index contributed by atoms with van der Waals surface area (Å²) in [6.45, 7) is 5.30. The number of carbonyl (C=O) groups is 1. The molecular formula is C30H32BrN2O3+. The molecule has 1 aliphatic carbocycles. The number of likely N-dealkylation sites (N-methyl/N-ethyl adjacent to an activating group) is 1. The van der Waals surface area contributed by atoms with Crippen molar-refractivity contribution < 1.29 is 18.8 Å². The van der Waals surface area contributed by atoms with Gasteiger partial charge in [0.15, 0.2) is 17.3 Å². The molecule has 0 spiro atoms. The minimum Gasteiger partial charge on any atom is -0.493 e. The van der Waals surface area contributed by atoms with E-state index in [1.165, 1.54) is 15.7 Å². The fraction of sp³-hybridized carbons (Fsp3) is 0.300. The molecule has 1 aliphatic heterocycles. The number of Topliss-reactive ketones (excluding diaryl/α,β-unsaturated/α-hetero) is 1. The highest BCUT2D eigenvalue weighted by molar-refractivity contribution is 9.10. The first-order valence-electron chi connectivity index (χ1n) is 12.3. The second-order valence-corrected chi connectivity index (χ2v) is 10.8. The van der Waals surface area contributed by atoms with Crippen molar-refractivity contribution in [2.75, 3.05) is 52.3 Å². The number of rotatable bonds is 6. The van der Waals surface area contributed by atoms with Gasteiger partial charge >= 0.3 is 0 Å². The van der Waals surface area contributed by atoms with E-state index in [1.54, 1.807) is 20.3 Å². The van der Waals surface area contributed by atoms with E-state index in [2.05, 4.69) is 76.4 Å². The number of nitrogens with zero attached hydrogens (tertiary/aromatic N) is 2. The Kier molecular flexibility index (Phi) is 6.91. The number of anilines is 1. The molecule has 0 unspecified atom stereocenters. The van der Waals surface area contributed by atoms with Gasteiger partial charge in [0.25, 0.3) is 0 Å². The largest absolute Gasteiger partial charge is 0.493 e. The maximum atomic E-state index is 13.0. The van der Waals surface area contributed by atoms with Crippen LogP contribution in [0.25, 0.3) is 6.08 Å². The molecule has 36 heavy (non-hydrogen) atoms. The Morgan fingerprint density at radius 3 is 2.31 bits per heavy atom. The van der Waals surface area contributed by atoms with Crippen LogP contribution in [-0.2, 0) is 13.0 Å². The number of ether oxygens (including phenoxy) is 2. The molecule has 0 N–H and O–H groups in total. The number of hydrogen-bond acceptors (Lipinski definition) is 4. The number of fused-ring (bicyclic) bond motifs is 1. The average Bonchev–Trinajstić information content (AvgIpc) is 3.19. The number of methoxy groups -OCH3 is 2. The molecule has 1 saturated heterocycles. The van der Waals surface area contributed by atoms with E-state index in [0.717, 1.165) is 53.9 Å². The maximum absolute atomic E-state index is 13.0. The lowest BCUT2D eigenvalue weighted by molar-refractivity contribution is -0.923. The van der Waals surface area contributed by atoms with Crippen molar-refractivity contribution in [3.63, 3.8) is 0 Å². The number of carbonyl (C=O) groups excluding carboxylic acids is 1. The van der Waals surface area contributed by atoms with Crippen molar-refractivity contribution in [3.8, 4) is 11.5 Å². The van der Waals surface area contributed by atoms with Gasteiger partial charge in [-0.2, -0.15) is 0 Å². The summed E-state index contributed by atoms with van der Waals surface area (Å²) in [4.78, 5) is 15.5. The Labute approximate surface area is 221 Å². The van der Waals surface area contributed by atoms with Gasteiger partial charge in [-0.25, -0.2) is 0 Å². The molecule has 0 radical (unpaired) electrons. The highest BCUT2D eigenvalue weighted by Gasteiger charge is 2.30. The number of hydrogen-bond donors (Lipinski definition) is 0. The first-order chi connectivity index (χ1) is 17.4. The van der Waals surface area contributed by atoms with Gasteiger partial charge in [-0.05, 0) is 47.5 Å². The number of piperazine rings is 1. The van der Waals surface area contributed by atoms with Crippen LogP contribution in [0.1, 0.15) is 27.0 Å². The minimum absolute atomic E-state index is 0.0631. The second-order valence-electron chi connectivity index (χ2n) is 9.93. The van der Waals surface area contributed by atoms with Crippen molar-refractivity contribution >= 4 is 33.5 Å². The summed E-state index contributed by atoms with van der Waals surface area (Å²) in [6.07, 6.45) is 2.61. The average molecular weight is 549 g/mol. The van der Waals surface area contributed by atoms with Gasteiger partial charge in [0.05, 0.1) is 47.4 Å². The van der Waals surface area contributed by atoms with Crippen molar-refractivity contribution in [2.24, 2.45) is 0 Å². The van der Waals surface area contributed by atoms with Crippen LogP contribution in [-0.4, -0.2) is 57.7 Å². The monoisotopic (exact) mass is 547 g/mol.